The summed E-state index contributed by atoms with van der Waals surface area (Å²) in [5, 5.41) is 2.64. The number of benzene rings is 1. The van der Waals surface area contributed by atoms with E-state index in [0.29, 0.717) is 24.8 Å². The summed E-state index contributed by atoms with van der Waals surface area (Å²) in [6, 6.07) is 6.37. The Morgan fingerprint density at radius 3 is 2.38 bits per heavy atom. The number of imide groups is 1. The minimum atomic E-state index is -0.403. The van der Waals surface area contributed by atoms with Crippen molar-refractivity contribution < 1.29 is 18.8 Å². The van der Waals surface area contributed by atoms with Gasteiger partial charge in [-0.25, -0.2) is 4.39 Å². The maximum absolute atomic E-state index is 13.5. The summed E-state index contributed by atoms with van der Waals surface area (Å²) < 4.78 is 13.5. The largest absolute Gasteiger partial charge is 0.354 e. The molecule has 126 valence electrons. The summed E-state index contributed by atoms with van der Waals surface area (Å²) >= 11 is 0. The molecule has 2 aliphatic rings. The number of carbonyl (C=O) groups is 3. The van der Waals surface area contributed by atoms with Crippen LogP contribution in [0.15, 0.2) is 36.4 Å². The van der Waals surface area contributed by atoms with Crippen LogP contribution < -0.4 is 5.32 Å². The lowest BCUT2D eigenvalue weighted by Gasteiger charge is -2.14. The van der Waals surface area contributed by atoms with Crippen molar-refractivity contribution in [2.45, 2.75) is 19.3 Å². The molecule has 0 radical (unpaired) electrons. The van der Waals surface area contributed by atoms with Gasteiger partial charge in [-0.3, -0.25) is 19.3 Å². The number of hydrogen-bond donors (Lipinski definition) is 1. The second kappa shape index (κ2) is 6.95. The molecule has 2 atom stereocenters. The fourth-order valence-corrected chi connectivity index (χ4v) is 3.26. The molecular formula is C18H19FN2O3. The van der Waals surface area contributed by atoms with Gasteiger partial charge in [-0.15, -0.1) is 0 Å². The van der Waals surface area contributed by atoms with E-state index in [0.717, 1.165) is 4.90 Å². The molecule has 3 rings (SSSR count). The van der Waals surface area contributed by atoms with Crippen LogP contribution >= 0.6 is 0 Å². The second-order valence-corrected chi connectivity index (χ2v) is 6.11. The first-order valence-electron chi connectivity index (χ1n) is 8.08. The maximum atomic E-state index is 13.5. The molecule has 1 N–H and O–H groups in total. The fraction of sp³-hybridized carbons (Fsp3) is 0.389. The van der Waals surface area contributed by atoms with Gasteiger partial charge in [0, 0.05) is 6.54 Å². The molecule has 1 aliphatic heterocycles. The molecule has 3 amide bonds. The third kappa shape index (κ3) is 3.22. The smallest absolute Gasteiger partial charge is 0.240 e. The molecule has 1 heterocycles. The molecule has 0 saturated carbocycles. The topological polar surface area (TPSA) is 66.5 Å². The lowest BCUT2D eigenvalue weighted by atomic mass is 9.85. The molecule has 0 unspecified atom stereocenters. The van der Waals surface area contributed by atoms with Crippen molar-refractivity contribution in [3.63, 3.8) is 0 Å². The van der Waals surface area contributed by atoms with Crippen LogP contribution in [-0.4, -0.2) is 35.7 Å². The standard InChI is InChI=1S/C18H19FN2O3/c19-15-8-4-1-5-12(15)9-10-20-16(22)11-21-17(23)13-6-2-3-7-14(13)18(21)24/h1-5,8,13-14H,6-7,9-11H2,(H,20,22)/t13-,14-/m0/s1. The van der Waals surface area contributed by atoms with Gasteiger partial charge in [0.25, 0.3) is 0 Å². The van der Waals surface area contributed by atoms with E-state index < -0.39 is 5.91 Å². The Morgan fingerprint density at radius 1 is 1.12 bits per heavy atom. The number of likely N-dealkylation sites (tertiary alicyclic amines) is 1. The molecule has 1 aromatic carbocycles. The number of amides is 3. The predicted octanol–water partition coefficient (Wildman–Crippen LogP) is 1.44. The lowest BCUT2D eigenvalue weighted by Crippen LogP contribution is -2.41. The summed E-state index contributed by atoms with van der Waals surface area (Å²) in [7, 11) is 0. The SMILES string of the molecule is O=C(CN1C(=O)[C@H]2CC=CC[C@@H]2C1=O)NCCc1ccccc1F. The molecule has 1 fully saturated rings. The number of halogens is 1. The van der Waals surface area contributed by atoms with E-state index in [4.69, 9.17) is 0 Å². The molecular weight excluding hydrogens is 311 g/mol. The summed E-state index contributed by atoms with van der Waals surface area (Å²) in [5.41, 5.74) is 0.517. The molecule has 24 heavy (non-hydrogen) atoms. The minimum absolute atomic E-state index is 0.254. The van der Waals surface area contributed by atoms with Crippen molar-refractivity contribution in [1.29, 1.82) is 0 Å². The predicted molar refractivity (Wildman–Crippen MR) is 85.2 cm³/mol. The van der Waals surface area contributed by atoms with E-state index in [1.165, 1.54) is 6.07 Å². The van der Waals surface area contributed by atoms with Gasteiger partial charge in [0.15, 0.2) is 0 Å². The maximum Gasteiger partial charge on any atom is 0.240 e. The number of carbonyl (C=O) groups excluding carboxylic acids is 3. The summed E-state index contributed by atoms with van der Waals surface area (Å²) in [5.74, 6) is -1.90. The van der Waals surface area contributed by atoms with Gasteiger partial charge in [-0.1, -0.05) is 30.4 Å². The average Bonchev–Trinajstić information content (AvgIpc) is 2.82. The second-order valence-electron chi connectivity index (χ2n) is 6.11. The summed E-state index contributed by atoms with van der Waals surface area (Å²) in [6.07, 6.45) is 5.28. The first-order chi connectivity index (χ1) is 11.6. The van der Waals surface area contributed by atoms with Crippen molar-refractivity contribution >= 4 is 17.7 Å². The Bertz CT molecular complexity index is 675. The Hall–Kier alpha value is -2.50. The Balaban J connectivity index is 1.51. The third-order valence-corrected chi connectivity index (χ3v) is 4.57. The van der Waals surface area contributed by atoms with Crippen molar-refractivity contribution in [2.24, 2.45) is 11.8 Å². The highest BCUT2D eigenvalue weighted by Crippen LogP contribution is 2.34. The van der Waals surface area contributed by atoms with Crippen molar-refractivity contribution in [3.8, 4) is 0 Å². The summed E-state index contributed by atoms with van der Waals surface area (Å²) in [6.45, 7) is -0.00760. The number of rotatable bonds is 5. The van der Waals surface area contributed by atoms with Gasteiger partial charge in [0.1, 0.15) is 12.4 Å². The van der Waals surface area contributed by atoms with Crippen LogP contribution in [0.1, 0.15) is 18.4 Å². The number of nitrogens with one attached hydrogen (secondary N) is 1. The molecule has 1 aromatic rings. The minimum Gasteiger partial charge on any atom is -0.354 e. The molecule has 6 heteroatoms. The highest BCUT2D eigenvalue weighted by molar-refractivity contribution is 6.07. The van der Waals surface area contributed by atoms with Gasteiger partial charge in [-0.05, 0) is 30.9 Å². The number of allylic oxidation sites excluding steroid dienone is 2. The Labute approximate surface area is 139 Å². The number of nitrogens with zero attached hydrogens (tertiary/aromatic N) is 1. The summed E-state index contributed by atoms with van der Waals surface area (Å²) in [4.78, 5) is 37.6. The van der Waals surface area contributed by atoms with Crippen LogP contribution in [0.2, 0.25) is 0 Å². The van der Waals surface area contributed by atoms with Gasteiger partial charge in [-0.2, -0.15) is 0 Å². The molecule has 1 saturated heterocycles. The normalized spacial score (nSPS) is 22.6. The number of hydrogen-bond acceptors (Lipinski definition) is 3. The first-order valence-corrected chi connectivity index (χ1v) is 8.08. The van der Waals surface area contributed by atoms with Crippen LogP contribution in [0.25, 0.3) is 0 Å². The van der Waals surface area contributed by atoms with E-state index in [-0.39, 0.29) is 42.6 Å². The van der Waals surface area contributed by atoms with Crippen molar-refractivity contribution in [3.05, 3.63) is 47.8 Å². The lowest BCUT2D eigenvalue weighted by molar-refractivity contribution is -0.143. The molecule has 0 aromatic heterocycles. The van der Waals surface area contributed by atoms with Gasteiger partial charge in [0.2, 0.25) is 17.7 Å². The molecule has 0 bridgehead atoms. The monoisotopic (exact) mass is 330 g/mol. The first kappa shape index (κ1) is 16.4. The zero-order valence-electron chi connectivity index (χ0n) is 13.2. The van der Waals surface area contributed by atoms with Crippen LogP contribution in [0, 0.1) is 17.7 Å². The molecule has 5 nitrogen and oxygen atoms in total. The van der Waals surface area contributed by atoms with Crippen LogP contribution in [0.3, 0.4) is 0 Å². The van der Waals surface area contributed by atoms with Crippen molar-refractivity contribution in [1.82, 2.24) is 10.2 Å². The molecule has 0 spiro atoms. The van der Waals surface area contributed by atoms with Crippen LogP contribution in [0.4, 0.5) is 4.39 Å². The van der Waals surface area contributed by atoms with E-state index >= 15 is 0 Å². The van der Waals surface area contributed by atoms with E-state index in [1.807, 2.05) is 12.2 Å². The highest BCUT2D eigenvalue weighted by atomic mass is 19.1. The third-order valence-electron chi connectivity index (χ3n) is 4.57. The average molecular weight is 330 g/mol. The van der Waals surface area contributed by atoms with Gasteiger partial charge >= 0.3 is 0 Å². The Kier molecular flexibility index (Phi) is 4.74. The molecule has 1 aliphatic carbocycles. The number of fused-ring (bicyclic) bond motifs is 1. The quantitative estimate of drug-likeness (QED) is 0.656. The van der Waals surface area contributed by atoms with Crippen LogP contribution in [-0.2, 0) is 20.8 Å². The fourth-order valence-electron chi connectivity index (χ4n) is 3.26. The van der Waals surface area contributed by atoms with E-state index in [2.05, 4.69) is 5.32 Å². The van der Waals surface area contributed by atoms with Crippen molar-refractivity contribution in [2.75, 3.05) is 13.1 Å². The van der Waals surface area contributed by atoms with Gasteiger partial charge < -0.3 is 5.32 Å². The zero-order chi connectivity index (χ0) is 17.1. The van der Waals surface area contributed by atoms with E-state index in [1.54, 1.807) is 18.2 Å². The zero-order valence-corrected chi connectivity index (χ0v) is 13.2. The Morgan fingerprint density at radius 2 is 1.75 bits per heavy atom. The highest BCUT2D eigenvalue weighted by Gasteiger charge is 2.47. The van der Waals surface area contributed by atoms with Gasteiger partial charge in [0.05, 0.1) is 11.8 Å². The van der Waals surface area contributed by atoms with E-state index in [9.17, 15) is 18.8 Å². The van der Waals surface area contributed by atoms with Crippen LogP contribution in [0.5, 0.6) is 0 Å².